The first-order chi connectivity index (χ1) is 9.00. The average molecular weight is 260 g/mol. The summed E-state index contributed by atoms with van der Waals surface area (Å²) in [6.45, 7) is 5.37. The molecule has 0 aliphatic carbocycles. The van der Waals surface area contributed by atoms with Crippen LogP contribution in [0.4, 0.5) is 0 Å². The average Bonchev–Trinajstić information content (AvgIpc) is 2.86. The molecule has 100 valence electrons. The van der Waals surface area contributed by atoms with E-state index in [9.17, 15) is 4.79 Å². The van der Waals surface area contributed by atoms with Gasteiger partial charge in [-0.05, 0) is 12.5 Å². The van der Waals surface area contributed by atoms with Gasteiger partial charge in [0.25, 0.3) is 0 Å². The first kappa shape index (κ1) is 13.3. The van der Waals surface area contributed by atoms with Crippen LogP contribution in [0.5, 0.6) is 0 Å². The van der Waals surface area contributed by atoms with Gasteiger partial charge < -0.3 is 9.63 Å². The molecule has 19 heavy (non-hydrogen) atoms. The third kappa shape index (κ3) is 2.65. The minimum atomic E-state index is -0.872. The number of carbonyl (C=O) groups is 1. The number of nitrogens with zero attached hydrogens (tertiary/aromatic N) is 2. The minimum absolute atomic E-state index is 0.317. The van der Waals surface area contributed by atoms with Crippen LogP contribution in [0, 0.1) is 12.8 Å². The second kappa shape index (κ2) is 5.22. The van der Waals surface area contributed by atoms with Gasteiger partial charge in [-0.1, -0.05) is 43.3 Å². The van der Waals surface area contributed by atoms with Gasteiger partial charge in [-0.15, -0.1) is 0 Å². The summed E-state index contributed by atoms with van der Waals surface area (Å²) in [5, 5.41) is 12.9. The van der Waals surface area contributed by atoms with Crippen LogP contribution < -0.4 is 0 Å². The quantitative estimate of drug-likeness (QED) is 0.914. The maximum atomic E-state index is 11.0. The Bertz CT molecular complexity index is 592. The highest BCUT2D eigenvalue weighted by Crippen LogP contribution is 2.26. The van der Waals surface area contributed by atoms with Crippen LogP contribution in [0.2, 0.25) is 0 Å². The molecular formula is C14H16N2O3. The summed E-state index contributed by atoms with van der Waals surface area (Å²) >= 11 is 0. The zero-order valence-corrected chi connectivity index (χ0v) is 11.1. The van der Waals surface area contributed by atoms with Gasteiger partial charge in [-0.25, -0.2) is 0 Å². The maximum Gasteiger partial charge on any atom is 0.307 e. The van der Waals surface area contributed by atoms with Crippen molar-refractivity contribution in [1.29, 1.82) is 0 Å². The minimum Gasteiger partial charge on any atom is -0.481 e. The highest BCUT2D eigenvalue weighted by molar-refractivity contribution is 5.70. The Balaban J connectivity index is 2.29. The molecule has 1 heterocycles. The van der Waals surface area contributed by atoms with E-state index in [1.165, 1.54) is 0 Å². The van der Waals surface area contributed by atoms with Crippen molar-refractivity contribution >= 4 is 5.97 Å². The molecule has 0 aliphatic heterocycles. The van der Waals surface area contributed by atoms with E-state index in [0.717, 1.165) is 11.1 Å². The summed E-state index contributed by atoms with van der Waals surface area (Å²) in [5.74, 6) is -0.901. The number of aliphatic carboxylic acids is 1. The van der Waals surface area contributed by atoms with Crippen molar-refractivity contribution in [2.24, 2.45) is 5.92 Å². The lowest BCUT2D eigenvalue weighted by Crippen LogP contribution is -2.16. The zero-order chi connectivity index (χ0) is 14.0. The van der Waals surface area contributed by atoms with E-state index < -0.39 is 11.9 Å². The summed E-state index contributed by atoms with van der Waals surface area (Å²) in [7, 11) is 0. The smallest absolute Gasteiger partial charge is 0.307 e. The van der Waals surface area contributed by atoms with Crippen molar-refractivity contribution in [2.45, 2.75) is 26.7 Å². The number of hydrogen-bond acceptors (Lipinski definition) is 4. The van der Waals surface area contributed by atoms with Crippen LogP contribution in [0.15, 0.2) is 28.8 Å². The van der Waals surface area contributed by atoms with Crippen LogP contribution in [-0.4, -0.2) is 21.2 Å². The highest BCUT2D eigenvalue weighted by Gasteiger charge is 2.26. The first-order valence-corrected chi connectivity index (χ1v) is 6.13. The largest absolute Gasteiger partial charge is 0.481 e. The van der Waals surface area contributed by atoms with Crippen LogP contribution in [0.1, 0.15) is 31.2 Å². The molecule has 5 heteroatoms. The van der Waals surface area contributed by atoms with Crippen LogP contribution in [-0.2, 0) is 4.79 Å². The van der Waals surface area contributed by atoms with E-state index in [1.54, 1.807) is 13.8 Å². The Labute approximate surface area is 111 Å². The van der Waals surface area contributed by atoms with Crippen molar-refractivity contribution < 1.29 is 14.4 Å². The van der Waals surface area contributed by atoms with Gasteiger partial charge in [0, 0.05) is 11.5 Å². The fourth-order valence-corrected chi connectivity index (χ4v) is 1.78. The first-order valence-electron chi connectivity index (χ1n) is 6.13. The van der Waals surface area contributed by atoms with E-state index in [-0.39, 0.29) is 5.92 Å². The maximum absolute atomic E-state index is 11.0. The molecule has 1 aromatic carbocycles. The number of hydrogen-bond donors (Lipinski definition) is 1. The lowest BCUT2D eigenvalue weighted by Gasteiger charge is -2.10. The Morgan fingerprint density at radius 2 is 2.00 bits per heavy atom. The Morgan fingerprint density at radius 3 is 2.63 bits per heavy atom. The molecular weight excluding hydrogens is 244 g/mol. The summed E-state index contributed by atoms with van der Waals surface area (Å²) < 4.78 is 5.18. The SMILES string of the molecule is Cc1ccccc1-c1noc(C(C)C(C)C(=O)O)n1. The molecule has 0 bridgehead atoms. The molecule has 0 amide bonds. The molecule has 1 aromatic heterocycles. The van der Waals surface area contributed by atoms with E-state index in [4.69, 9.17) is 9.63 Å². The predicted octanol–water partition coefficient (Wildman–Crippen LogP) is 2.87. The van der Waals surface area contributed by atoms with Crippen molar-refractivity contribution in [3.8, 4) is 11.4 Å². The van der Waals surface area contributed by atoms with Crippen LogP contribution >= 0.6 is 0 Å². The summed E-state index contributed by atoms with van der Waals surface area (Å²) in [5.41, 5.74) is 1.95. The number of aromatic nitrogens is 2. The fraction of sp³-hybridized carbons (Fsp3) is 0.357. The molecule has 2 unspecified atom stereocenters. The highest BCUT2D eigenvalue weighted by atomic mass is 16.5. The molecule has 5 nitrogen and oxygen atoms in total. The second-order valence-corrected chi connectivity index (χ2v) is 4.69. The number of benzene rings is 1. The summed E-state index contributed by atoms with van der Waals surface area (Å²) in [6, 6.07) is 7.72. The van der Waals surface area contributed by atoms with Crippen molar-refractivity contribution in [3.05, 3.63) is 35.7 Å². The second-order valence-electron chi connectivity index (χ2n) is 4.69. The third-order valence-electron chi connectivity index (χ3n) is 3.36. The Morgan fingerprint density at radius 1 is 1.32 bits per heavy atom. The summed E-state index contributed by atoms with van der Waals surface area (Å²) in [4.78, 5) is 15.3. The molecule has 0 spiro atoms. The topological polar surface area (TPSA) is 76.2 Å². The normalized spacial score (nSPS) is 14.1. The molecule has 2 rings (SSSR count). The molecule has 0 aliphatic rings. The molecule has 2 atom stereocenters. The van der Waals surface area contributed by atoms with Gasteiger partial charge in [-0.3, -0.25) is 4.79 Å². The standard InChI is InChI=1S/C14H16N2O3/c1-8-6-4-5-7-11(8)12-15-13(19-16-12)9(2)10(3)14(17)18/h4-7,9-10H,1-3H3,(H,17,18). The van der Waals surface area contributed by atoms with E-state index in [2.05, 4.69) is 10.1 Å². The van der Waals surface area contributed by atoms with Gasteiger partial charge in [-0.2, -0.15) is 4.98 Å². The molecule has 2 aromatic rings. The van der Waals surface area contributed by atoms with E-state index in [0.29, 0.717) is 11.7 Å². The Hall–Kier alpha value is -2.17. The molecule has 0 radical (unpaired) electrons. The number of carboxylic acids is 1. The zero-order valence-electron chi connectivity index (χ0n) is 11.1. The Kier molecular flexibility index (Phi) is 3.64. The number of carboxylic acid groups (broad SMARTS) is 1. The van der Waals surface area contributed by atoms with Crippen molar-refractivity contribution in [2.75, 3.05) is 0 Å². The van der Waals surface area contributed by atoms with E-state index >= 15 is 0 Å². The van der Waals surface area contributed by atoms with Crippen LogP contribution in [0.25, 0.3) is 11.4 Å². The van der Waals surface area contributed by atoms with Gasteiger partial charge in [0.05, 0.1) is 5.92 Å². The third-order valence-corrected chi connectivity index (χ3v) is 3.36. The van der Waals surface area contributed by atoms with Crippen molar-refractivity contribution in [3.63, 3.8) is 0 Å². The van der Waals surface area contributed by atoms with Gasteiger partial charge >= 0.3 is 5.97 Å². The molecule has 0 fully saturated rings. The molecule has 0 saturated carbocycles. The lowest BCUT2D eigenvalue weighted by atomic mass is 9.96. The molecule has 1 N–H and O–H groups in total. The summed E-state index contributed by atoms with van der Waals surface area (Å²) in [6.07, 6.45) is 0. The molecule has 0 saturated heterocycles. The van der Waals surface area contributed by atoms with Crippen LogP contribution in [0.3, 0.4) is 0 Å². The monoisotopic (exact) mass is 260 g/mol. The lowest BCUT2D eigenvalue weighted by molar-refractivity contribution is -0.141. The predicted molar refractivity (Wildman–Crippen MR) is 69.7 cm³/mol. The van der Waals surface area contributed by atoms with Gasteiger partial charge in [0.2, 0.25) is 11.7 Å². The number of aryl methyl sites for hydroxylation is 1. The van der Waals surface area contributed by atoms with Gasteiger partial charge in [0.15, 0.2) is 0 Å². The fourth-order valence-electron chi connectivity index (χ4n) is 1.78. The van der Waals surface area contributed by atoms with Gasteiger partial charge in [0.1, 0.15) is 0 Å². The number of rotatable bonds is 4. The van der Waals surface area contributed by atoms with Crippen molar-refractivity contribution in [1.82, 2.24) is 10.1 Å². The van der Waals surface area contributed by atoms with E-state index in [1.807, 2.05) is 31.2 Å².